The van der Waals surface area contributed by atoms with Crippen LogP contribution in [0.2, 0.25) is 10.0 Å². The summed E-state index contributed by atoms with van der Waals surface area (Å²) in [7, 11) is 1.36. The highest BCUT2D eigenvalue weighted by molar-refractivity contribution is 6.34. The monoisotopic (exact) mass is 261 g/mol. The molecule has 0 saturated carbocycles. The van der Waals surface area contributed by atoms with Gasteiger partial charge in [-0.3, -0.25) is 4.79 Å². The Kier molecular flexibility index (Phi) is 5.06. The van der Waals surface area contributed by atoms with Crippen molar-refractivity contribution in [1.29, 1.82) is 0 Å². The highest BCUT2D eigenvalue weighted by Crippen LogP contribution is 2.18. The lowest BCUT2D eigenvalue weighted by molar-refractivity contribution is -0.142. The number of hydrogen-bond donors (Lipinski definition) is 1. The van der Waals surface area contributed by atoms with Crippen molar-refractivity contribution in [2.24, 2.45) is 0 Å². The fourth-order valence-electron chi connectivity index (χ4n) is 1.24. The maximum absolute atomic E-state index is 11.1. The number of carbonyl (C=O) groups is 1. The van der Waals surface area contributed by atoms with Crippen molar-refractivity contribution in [3.63, 3.8) is 0 Å². The Hall–Kier alpha value is -0.770. The summed E-state index contributed by atoms with van der Waals surface area (Å²) in [6, 6.07) is 4.90. The molecule has 0 amide bonds. The van der Waals surface area contributed by atoms with E-state index < -0.39 is 0 Å². The van der Waals surface area contributed by atoms with E-state index >= 15 is 0 Å². The van der Waals surface area contributed by atoms with Gasteiger partial charge in [-0.05, 0) is 30.7 Å². The summed E-state index contributed by atoms with van der Waals surface area (Å²) < 4.78 is 4.59. The summed E-state index contributed by atoms with van der Waals surface area (Å²) in [5, 5.41) is 4.17. The first-order chi connectivity index (χ1) is 7.52. The summed E-state index contributed by atoms with van der Waals surface area (Å²) >= 11 is 11.7. The number of halogens is 2. The molecule has 0 fully saturated rings. The molecule has 0 aliphatic heterocycles. The van der Waals surface area contributed by atoms with Crippen LogP contribution in [0.4, 0.5) is 0 Å². The molecule has 0 heterocycles. The molecule has 1 N–H and O–H groups in total. The number of ether oxygens (including phenoxy) is 1. The van der Waals surface area contributed by atoms with E-state index in [2.05, 4.69) is 10.1 Å². The fraction of sp³-hybridized carbons (Fsp3) is 0.364. The summed E-state index contributed by atoms with van der Waals surface area (Å²) in [5.74, 6) is -0.298. The van der Waals surface area contributed by atoms with Crippen molar-refractivity contribution in [2.45, 2.75) is 19.5 Å². The second-order valence-electron chi connectivity index (χ2n) is 3.40. The van der Waals surface area contributed by atoms with Crippen LogP contribution < -0.4 is 5.32 Å². The summed E-state index contributed by atoms with van der Waals surface area (Å²) in [6.45, 7) is 2.24. The van der Waals surface area contributed by atoms with Crippen LogP contribution in [-0.2, 0) is 16.1 Å². The number of hydrogen-bond acceptors (Lipinski definition) is 3. The third kappa shape index (κ3) is 4.00. The Balaban J connectivity index is 2.57. The van der Waals surface area contributed by atoms with Gasteiger partial charge in [0.15, 0.2) is 0 Å². The standard InChI is InChI=1S/C11H13Cl2NO2/c1-7(11(15)16-2)14-6-8-3-9(12)5-10(13)4-8/h3-5,7,14H,6H2,1-2H3. The third-order valence-corrected chi connectivity index (χ3v) is 2.53. The van der Waals surface area contributed by atoms with Crippen LogP contribution in [0.25, 0.3) is 0 Å². The molecule has 0 bridgehead atoms. The first-order valence-electron chi connectivity index (χ1n) is 4.79. The highest BCUT2D eigenvalue weighted by atomic mass is 35.5. The van der Waals surface area contributed by atoms with Crippen LogP contribution in [0.1, 0.15) is 12.5 Å². The molecule has 0 radical (unpaired) electrons. The smallest absolute Gasteiger partial charge is 0.322 e. The molecular weight excluding hydrogens is 249 g/mol. The zero-order valence-corrected chi connectivity index (χ0v) is 10.6. The Morgan fingerprint density at radius 2 is 1.94 bits per heavy atom. The van der Waals surface area contributed by atoms with Crippen molar-refractivity contribution in [2.75, 3.05) is 7.11 Å². The van der Waals surface area contributed by atoms with Crippen LogP contribution in [0, 0.1) is 0 Å². The van der Waals surface area contributed by atoms with Gasteiger partial charge < -0.3 is 10.1 Å². The van der Waals surface area contributed by atoms with Gasteiger partial charge in [0.05, 0.1) is 7.11 Å². The molecule has 0 spiro atoms. The van der Waals surface area contributed by atoms with E-state index in [1.54, 1.807) is 25.1 Å². The molecule has 16 heavy (non-hydrogen) atoms. The van der Waals surface area contributed by atoms with Crippen LogP contribution in [0.3, 0.4) is 0 Å². The van der Waals surface area contributed by atoms with Gasteiger partial charge in [0.25, 0.3) is 0 Å². The number of benzene rings is 1. The van der Waals surface area contributed by atoms with E-state index in [1.165, 1.54) is 7.11 Å². The van der Waals surface area contributed by atoms with E-state index in [1.807, 2.05) is 0 Å². The van der Waals surface area contributed by atoms with Crippen molar-refractivity contribution in [3.8, 4) is 0 Å². The predicted molar refractivity (Wildman–Crippen MR) is 64.8 cm³/mol. The van der Waals surface area contributed by atoms with E-state index in [4.69, 9.17) is 23.2 Å². The van der Waals surface area contributed by atoms with E-state index in [0.29, 0.717) is 16.6 Å². The maximum atomic E-state index is 11.1. The Morgan fingerprint density at radius 1 is 1.38 bits per heavy atom. The molecule has 1 unspecified atom stereocenters. The first-order valence-corrected chi connectivity index (χ1v) is 5.54. The average Bonchev–Trinajstić information content (AvgIpc) is 2.23. The fourth-order valence-corrected chi connectivity index (χ4v) is 1.82. The van der Waals surface area contributed by atoms with E-state index in [9.17, 15) is 4.79 Å². The van der Waals surface area contributed by atoms with Gasteiger partial charge >= 0.3 is 5.97 Å². The molecule has 1 atom stereocenters. The Morgan fingerprint density at radius 3 is 2.44 bits per heavy atom. The lowest BCUT2D eigenvalue weighted by Gasteiger charge is -2.11. The summed E-state index contributed by atoms with van der Waals surface area (Å²) in [4.78, 5) is 11.1. The van der Waals surface area contributed by atoms with Crippen LogP contribution in [0.15, 0.2) is 18.2 Å². The van der Waals surface area contributed by atoms with Crippen LogP contribution in [-0.4, -0.2) is 19.1 Å². The zero-order valence-electron chi connectivity index (χ0n) is 9.09. The lowest BCUT2D eigenvalue weighted by Crippen LogP contribution is -2.34. The minimum Gasteiger partial charge on any atom is -0.468 e. The maximum Gasteiger partial charge on any atom is 0.322 e. The van der Waals surface area contributed by atoms with Gasteiger partial charge in [-0.1, -0.05) is 23.2 Å². The third-order valence-electron chi connectivity index (χ3n) is 2.09. The molecular formula is C11H13Cl2NO2. The predicted octanol–water partition coefficient (Wildman–Crippen LogP) is 2.64. The molecule has 1 aromatic rings. The lowest BCUT2D eigenvalue weighted by atomic mass is 10.2. The molecule has 0 aliphatic rings. The van der Waals surface area contributed by atoms with Gasteiger partial charge in [0.1, 0.15) is 6.04 Å². The van der Waals surface area contributed by atoms with Gasteiger partial charge in [-0.2, -0.15) is 0 Å². The molecule has 0 aromatic heterocycles. The molecule has 3 nitrogen and oxygen atoms in total. The van der Waals surface area contributed by atoms with Crippen LogP contribution in [0.5, 0.6) is 0 Å². The van der Waals surface area contributed by atoms with Crippen molar-refractivity contribution < 1.29 is 9.53 Å². The van der Waals surface area contributed by atoms with Crippen molar-refractivity contribution >= 4 is 29.2 Å². The number of methoxy groups -OCH3 is 1. The second kappa shape index (κ2) is 6.09. The number of carbonyl (C=O) groups excluding carboxylic acids is 1. The zero-order chi connectivity index (χ0) is 12.1. The summed E-state index contributed by atoms with van der Waals surface area (Å²) in [6.07, 6.45) is 0. The van der Waals surface area contributed by atoms with E-state index in [-0.39, 0.29) is 12.0 Å². The number of rotatable bonds is 4. The molecule has 0 saturated heterocycles. The number of esters is 1. The Labute approximate surface area is 105 Å². The average molecular weight is 262 g/mol. The molecule has 5 heteroatoms. The minimum absolute atomic E-state index is 0.298. The molecule has 88 valence electrons. The van der Waals surface area contributed by atoms with Crippen molar-refractivity contribution in [1.82, 2.24) is 5.32 Å². The minimum atomic E-state index is -0.359. The van der Waals surface area contributed by atoms with Crippen molar-refractivity contribution in [3.05, 3.63) is 33.8 Å². The van der Waals surface area contributed by atoms with Gasteiger partial charge in [0, 0.05) is 16.6 Å². The Bertz CT molecular complexity index is 362. The molecule has 1 aromatic carbocycles. The van der Waals surface area contributed by atoms with Gasteiger partial charge in [-0.15, -0.1) is 0 Å². The number of nitrogens with one attached hydrogen (secondary N) is 1. The van der Waals surface area contributed by atoms with Gasteiger partial charge in [-0.25, -0.2) is 0 Å². The summed E-state index contributed by atoms with van der Waals surface area (Å²) in [5.41, 5.74) is 0.924. The quantitative estimate of drug-likeness (QED) is 0.848. The highest BCUT2D eigenvalue weighted by Gasteiger charge is 2.11. The van der Waals surface area contributed by atoms with Crippen LogP contribution >= 0.6 is 23.2 Å². The van der Waals surface area contributed by atoms with Gasteiger partial charge in [0.2, 0.25) is 0 Å². The molecule has 1 rings (SSSR count). The SMILES string of the molecule is COC(=O)C(C)NCc1cc(Cl)cc(Cl)c1. The normalized spacial score (nSPS) is 12.2. The topological polar surface area (TPSA) is 38.3 Å². The first kappa shape index (κ1) is 13.3. The van der Waals surface area contributed by atoms with E-state index in [0.717, 1.165) is 5.56 Å². The second-order valence-corrected chi connectivity index (χ2v) is 4.28. The largest absolute Gasteiger partial charge is 0.468 e. The molecule has 0 aliphatic carbocycles.